The van der Waals surface area contributed by atoms with E-state index in [1.807, 2.05) is 0 Å². The standard InChI is InChI=1S/C40H78N2/c1-5-8-10-12-14-16-18-20-22-24-26-28-30-32-35-39(40-41-36-37-42(40)38(4)33-7-3)34-31-29-27-25-23-21-19-17-15-13-11-9-6-2/h36-39H,5-35H2,1-4H3/p+1. The number of aromatic amines is 1. The molecule has 248 valence electrons. The number of nitrogens with one attached hydrogen (secondary N) is 1. The zero-order valence-corrected chi connectivity index (χ0v) is 29.7. The van der Waals surface area contributed by atoms with Crippen LogP contribution in [0, 0.1) is 0 Å². The summed E-state index contributed by atoms with van der Waals surface area (Å²) in [5, 5.41) is 0. The van der Waals surface area contributed by atoms with E-state index >= 15 is 0 Å². The number of imidazole rings is 1. The van der Waals surface area contributed by atoms with Crippen LogP contribution >= 0.6 is 0 Å². The van der Waals surface area contributed by atoms with Gasteiger partial charge >= 0.3 is 0 Å². The van der Waals surface area contributed by atoms with E-state index in [9.17, 15) is 0 Å². The van der Waals surface area contributed by atoms with E-state index in [4.69, 9.17) is 0 Å². The van der Waals surface area contributed by atoms with Crippen molar-refractivity contribution in [2.45, 2.75) is 239 Å². The van der Waals surface area contributed by atoms with Crippen LogP contribution in [0.1, 0.15) is 245 Å². The van der Waals surface area contributed by atoms with Crippen molar-refractivity contribution in [3.63, 3.8) is 0 Å². The van der Waals surface area contributed by atoms with Gasteiger partial charge in [0.25, 0.3) is 5.82 Å². The first kappa shape index (κ1) is 39.2. The lowest BCUT2D eigenvalue weighted by atomic mass is 9.92. The number of rotatable bonds is 33. The van der Waals surface area contributed by atoms with E-state index in [0.29, 0.717) is 12.0 Å². The summed E-state index contributed by atoms with van der Waals surface area (Å²) in [5.41, 5.74) is 0. The van der Waals surface area contributed by atoms with Gasteiger partial charge in [-0.25, -0.2) is 9.55 Å². The Morgan fingerprint density at radius 1 is 0.452 bits per heavy atom. The molecule has 42 heavy (non-hydrogen) atoms. The molecule has 0 aliphatic rings. The van der Waals surface area contributed by atoms with Crippen molar-refractivity contribution in [2.75, 3.05) is 0 Å². The first-order chi connectivity index (χ1) is 20.7. The second-order valence-electron chi connectivity index (χ2n) is 14.0. The Morgan fingerprint density at radius 2 is 0.786 bits per heavy atom. The normalized spacial score (nSPS) is 13.1. The summed E-state index contributed by atoms with van der Waals surface area (Å²) in [6.07, 6.45) is 48.8. The van der Waals surface area contributed by atoms with Gasteiger partial charge in [0.15, 0.2) is 0 Å². The Morgan fingerprint density at radius 3 is 1.12 bits per heavy atom. The molecule has 0 aliphatic heterocycles. The van der Waals surface area contributed by atoms with Crippen molar-refractivity contribution >= 4 is 0 Å². The summed E-state index contributed by atoms with van der Waals surface area (Å²) in [5.74, 6) is 2.23. The first-order valence-corrected chi connectivity index (χ1v) is 19.8. The van der Waals surface area contributed by atoms with Gasteiger partial charge in [-0.3, -0.25) is 0 Å². The Balaban J connectivity index is 2.23. The quantitative estimate of drug-likeness (QED) is 0.0623. The van der Waals surface area contributed by atoms with E-state index in [-0.39, 0.29) is 0 Å². The molecular weight excluding hydrogens is 508 g/mol. The number of aromatic nitrogens is 2. The molecule has 1 heterocycles. The van der Waals surface area contributed by atoms with Gasteiger partial charge in [0, 0.05) is 0 Å². The molecule has 1 aromatic rings. The van der Waals surface area contributed by atoms with Crippen molar-refractivity contribution in [3.8, 4) is 0 Å². The van der Waals surface area contributed by atoms with Crippen LogP contribution in [-0.2, 0) is 0 Å². The molecule has 1 rings (SSSR count). The summed E-state index contributed by atoms with van der Waals surface area (Å²) >= 11 is 0. The molecule has 1 N–H and O–H groups in total. The van der Waals surface area contributed by atoms with E-state index < -0.39 is 0 Å². The second-order valence-corrected chi connectivity index (χ2v) is 14.0. The molecule has 0 bridgehead atoms. The highest BCUT2D eigenvalue weighted by atomic mass is 15.1. The first-order valence-electron chi connectivity index (χ1n) is 19.8. The topological polar surface area (TPSA) is 19.7 Å². The summed E-state index contributed by atoms with van der Waals surface area (Å²) in [4.78, 5) is 3.70. The van der Waals surface area contributed by atoms with Gasteiger partial charge in [0.2, 0.25) is 0 Å². The number of hydrogen-bond acceptors (Lipinski definition) is 0. The van der Waals surface area contributed by atoms with Crippen LogP contribution in [0.15, 0.2) is 12.4 Å². The highest BCUT2D eigenvalue weighted by molar-refractivity contribution is 4.90. The van der Waals surface area contributed by atoms with Crippen LogP contribution in [0.25, 0.3) is 0 Å². The van der Waals surface area contributed by atoms with Gasteiger partial charge in [0.1, 0.15) is 12.4 Å². The van der Waals surface area contributed by atoms with E-state index in [0.717, 1.165) is 0 Å². The molecule has 0 saturated carbocycles. The minimum Gasteiger partial charge on any atom is -0.247 e. The maximum absolute atomic E-state index is 3.70. The molecule has 0 fully saturated rings. The van der Waals surface area contributed by atoms with Gasteiger partial charge in [0.05, 0.1) is 12.0 Å². The monoisotopic (exact) mass is 588 g/mol. The lowest BCUT2D eigenvalue weighted by Gasteiger charge is -2.17. The van der Waals surface area contributed by atoms with E-state index in [1.165, 1.54) is 205 Å². The van der Waals surface area contributed by atoms with Crippen LogP contribution in [0.4, 0.5) is 0 Å². The Labute approximate surface area is 266 Å². The summed E-state index contributed by atoms with van der Waals surface area (Å²) < 4.78 is 2.58. The van der Waals surface area contributed by atoms with Gasteiger partial charge in [-0.2, -0.15) is 0 Å². The average molecular weight is 588 g/mol. The average Bonchev–Trinajstić information content (AvgIpc) is 3.49. The molecule has 0 spiro atoms. The number of nitrogens with zero attached hydrogens (tertiary/aromatic N) is 1. The Bertz CT molecular complexity index is 650. The van der Waals surface area contributed by atoms with Crippen molar-refractivity contribution < 1.29 is 4.57 Å². The lowest BCUT2D eigenvalue weighted by molar-refractivity contribution is -0.727. The van der Waals surface area contributed by atoms with Gasteiger partial charge in [-0.05, 0) is 26.2 Å². The molecule has 0 aromatic carbocycles. The SMILES string of the molecule is CCCCCCCCCCCCCCCCC(CCCCCCCCCCCCCCC)c1[nH]cc[n+]1C(C)CCC. The van der Waals surface area contributed by atoms with Gasteiger partial charge in [-0.15, -0.1) is 0 Å². The van der Waals surface area contributed by atoms with Crippen LogP contribution in [0.3, 0.4) is 0 Å². The van der Waals surface area contributed by atoms with E-state index in [2.05, 4.69) is 49.6 Å². The highest BCUT2D eigenvalue weighted by Crippen LogP contribution is 2.27. The van der Waals surface area contributed by atoms with Gasteiger partial charge < -0.3 is 0 Å². The minimum absolute atomic E-state index is 0.613. The maximum Gasteiger partial charge on any atom is 0.257 e. The number of H-pyrrole nitrogens is 1. The molecule has 2 heteroatoms. The van der Waals surface area contributed by atoms with Crippen LogP contribution < -0.4 is 4.57 Å². The molecule has 0 saturated heterocycles. The summed E-state index contributed by atoms with van der Waals surface area (Å²) in [6, 6.07) is 0.613. The zero-order valence-electron chi connectivity index (χ0n) is 29.7. The van der Waals surface area contributed by atoms with Crippen LogP contribution in [0.2, 0.25) is 0 Å². The molecule has 2 atom stereocenters. The minimum atomic E-state index is 0.613. The van der Waals surface area contributed by atoms with Crippen molar-refractivity contribution in [2.24, 2.45) is 0 Å². The third kappa shape index (κ3) is 21.8. The number of hydrogen-bond donors (Lipinski definition) is 1. The van der Waals surface area contributed by atoms with Crippen molar-refractivity contribution in [1.82, 2.24) is 4.98 Å². The largest absolute Gasteiger partial charge is 0.257 e. The summed E-state index contributed by atoms with van der Waals surface area (Å²) in [6.45, 7) is 9.36. The van der Waals surface area contributed by atoms with Crippen LogP contribution in [0.5, 0.6) is 0 Å². The third-order valence-electron chi connectivity index (χ3n) is 9.87. The Kier molecular flexibility index (Phi) is 28.3. The molecule has 0 radical (unpaired) electrons. The number of unbranched alkanes of at least 4 members (excludes halogenated alkanes) is 25. The second kappa shape index (κ2) is 30.2. The fourth-order valence-corrected chi connectivity index (χ4v) is 7.04. The van der Waals surface area contributed by atoms with Crippen molar-refractivity contribution in [3.05, 3.63) is 18.2 Å². The zero-order chi connectivity index (χ0) is 30.4. The molecule has 2 nitrogen and oxygen atoms in total. The predicted molar refractivity (Wildman–Crippen MR) is 189 cm³/mol. The lowest BCUT2D eigenvalue weighted by Crippen LogP contribution is -2.41. The predicted octanol–water partition coefficient (Wildman–Crippen LogP) is 14.1. The smallest absolute Gasteiger partial charge is 0.247 e. The van der Waals surface area contributed by atoms with Crippen molar-refractivity contribution in [1.29, 1.82) is 0 Å². The molecule has 0 amide bonds. The fraction of sp³-hybridized carbons (Fsp3) is 0.925. The molecule has 2 unspecified atom stereocenters. The molecular formula is C40H79N2+. The molecule has 1 aromatic heterocycles. The maximum atomic E-state index is 3.70. The van der Waals surface area contributed by atoms with E-state index in [1.54, 1.807) is 0 Å². The summed E-state index contributed by atoms with van der Waals surface area (Å²) in [7, 11) is 0. The highest BCUT2D eigenvalue weighted by Gasteiger charge is 2.25. The van der Waals surface area contributed by atoms with Crippen LogP contribution in [-0.4, -0.2) is 4.98 Å². The molecule has 0 aliphatic carbocycles. The fourth-order valence-electron chi connectivity index (χ4n) is 7.04. The van der Waals surface area contributed by atoms with Gasteiger partial charge in [-0.1, -0.05) is 201 Å². The third-order valence-corrected chi connectivity index (χ3v) is 9.87. The Hall–Kier alpha value is -0.790.